The summed E-state index contributed by atoms with van der Waals surface area (Å²) in [7, 11) is -3.54. The van der Waals surface area contributed by atoms with Crippen LogP contribution < -0.4 is 11.1 Å². The molecular weight excluding hydrogens is 498 g/mol. The number of rotatable bonds is 9. The monoisotopic (exact) mass is 523 g/mol. The highest BCUT2D eigenvalue weighted by atomic mass is 35.5. The van der Waals surface area contributed by atoms with Crippen LogP contribution in [0.25, 0.3) is 11.2 Å². The molecule has 0 radical (unpaired) electrons. The largest absolute Gasteiger partial charge is 0.450 e. The van der Waals surface area contributed by atoms with Crippen LogP contribution in [0.5, 0.6) is 0 Å². The second-order valence-electron chi connectivity index (χ2n) is 7.85. The zero-order valence-electron chi connectivity index (χ0n) is 18.9. The number of carbonyl (C=O) groups is 1. The number of aromatic nitrogens is 4. The lowest BCUT2D eigenvalue weighted by atomic mass is 10.2. The van der Waals surface area contributed by atoms with Gasteiger partial charge in [-0.2, -0.15) is 14.3 Å². The minimum atomic E-state index is -3.54. The summed E-state index contributed by atoms with van der Waals surface area (Å²) in [6, 6.07) is 6.43. The van der Waals surface area contributed by atoms with Crippen molar-refractivity contribution in [1.82, 2.24) is 29.1 Å². The van der Waals surface area contributed by atoms with Crippen molar-refractivity contribution in [2.75, 3.05) is 38.6 Å². The van der Waals surface area contributed by atoms with Crippen LogP contribution in [0.1, 0.15) is 18.4 Å². The number of unbranched alkanes of at least 4 members (excludes halogenated alkanes) is 1. The number of amides is 1. The Balaban J connectivity index is 1.17. The Morgan fingerprint density at radius 2 is 1.91 bits per heavy atom. The number of nitrogens with one attached hydrogen (secondary N) is 1. The van der Waals surface area contributed by atoms with E-state index in [4.69, 9.17) is 26.8 Å². The van der Waals surface area contributed by atoms with Crippen molar-refractivity contribution >= 4 is 44.7 Å². The summed E-state index contributed by atoms with van der Waals surface area (Å²) < 4.78 is 39.0. The van der Waals surface area contributed by atoms with Gasteiger partial charge in [0.25, 0.3) is 0 Å². The molecule has 12 nitrogen and oxygen atoms in total. The standard InChI is InChI=1S/C21H26ClN7O5S/c22-20-26-18(23)17-19(27-20)28(14-25-17)7-1-2-10-34-21(30)24-13-15-3-5-16(6-4-15)35(31,32)29-8-11-33-12-9-29/h3-6,14H,1-2,7-13H2,(H,24,30)(H2,23,26,27). The first-order chi connectivity index (χ1) is 16.8. The number of carbonyl (C=O) groups excluding carboxylic acids is 1. The van der Waals surface area contributed by atoms with Crippen molar-refractivity contribution in [3.05, 3.63) is 41.4 Å². The number of nitrogens with two attached hydrogens (primary N) is 1. The second-order valence-corrected chi connectivity index (χ2v) is 10.1. The summed E-state index contributed by atoms with van der Waals surface area (Å²) in [5.41, 5.74) is 7.62. The molecule has 14 heteroatoms. The van der Waals surface area contributed by atoms with Gasteiger partial charge in [0.1, 0.15) is 5.52 Å². The van der Waals surface area contributed by atoms with Gasteiger partial charge >= 0.3 is 6.09 Å². The number of hydrogen-bond acceptors (Lipinski definition) is 9. The minimum absolute atomic E-state index is 0.0603. The number of alkyl carbamates (subject to hydrolysis) is 1. The van der Waals surface area contributed by atoms with Crippen LogP contribution >= 0.6 is 11.6 Å². The summed E-state index contributed by atoms with van der Waals surface area (Å²) in [5, 5.41) is 2.72. The van der Waals surface area contributed by atoms with Gasteiger partial charge in [-0.1, -0.05) is 12.1 Å². The van der Waals surface area contributed by atoms with Gasteiger partial charge in [0, 0.05) is 26.2 Å². The number of benzene rings is 1. The predicted octanol–water partition coefficient (Wildman–Crippen LogP) is 1.79. The van der Waals surface area contributed by atoms with Crippen LogP contribution in [0.3, 0.4) is 0 Å². The molecule has 3 N–H and O–H groups in total. The highest BCUT2D eigenvalue weighted by Gasteiger charge is 2.26. The van der Waals surface area contributed by atoms with Gasteiger partial charge < -0.3 is 25.1 Å². The molecule has 35 heavy (non-hydrogen) atoms. The van der Waals surface area contributed by atoms with Gasteiger partial charge in [0.05, 0.1) is 31.0 Å². The number of fused-ring (bicyclic) bond motifs is 1. The van der Waals surface area contributed by atoms with Gasteiger partial charge in [-0.05, 0) is 42.1 Å². The van der Waals surface area contributed by atoms with Crippen molar-refractivity contribution < 1.29 is 22.7 Å². The Hall–Kier alpha value is -3.00. The van der Waals surface area contributed by atoms with E-state index >= 15 is 0 Å². The lowest BCUT2D eigenvalue weighted by Crippen LogP contribution is -2.40. The Labute approximate surface area is 207 Å². The quantitative estimate of drug-likeness (QED) is 0.315. The number of sulfonamides is 1. The number of anilines is 1. The number of nitrogen functional groups attached to an aromatic ring is 1. The average molecular weight is 524 g/mol. The third-order valence-corrected chi connectivity index (χ3v) is 7.54. The van der Waals surface area contributed by atoms with E-state index in [-0.39, 0.29) is 29.1 Å². The molecule has 2 aromatic heterocycles. The molecule has 0 saturated carbocycles. The Morgan fingerprint density at radius 3 is 2.66 bits per heavy atom. The van der Waals surface area contributed by atoms with Crippen LogP contribution in [0.15, 0.2) is 35.5 Å². The highest BCUT2D eigenvalue weighted by molar-refractivity contribution is 7.89. The summed E-state index contributed by atoms with van der Waals surface area (Å²) in [6.07, 6.45) is 2.43. The van der Waals surface area contributed by atoms with Gasteiger partial charge in [-0.25, -0.2) is 18.2 Å². The lowest BCUT2D eigenvalue weighted by Gasteiger charge is -2.26. The third-order valence-electron chi connectivity index (χ3n) is 5.46. The summed E-state index contributed by atoms with van der Waals surface area (Å²) in [5.74, 6) is 0.229. The van der Waals surface area contributed by atoms with Crippen LogP contribution in [0.4, 0.5) is 10.6 Å². The molecule has 0 atom stereocenters. The van der Waals surface area contributed by atoms with Crippen molar-refractivity contribution in [2.45, 2.75) is 30.8 Å². The zero-order valence-corrected chi connectivity index (χ0v) is 20.5. The molecule has 3 aromatic rings. The van der Waals surface area contributed by atoms with Crippen LogP contribution in [0.2, 0.25) is 5.28 Å². The normalized spacial score (nSPS) is 14.8. The molecule has 1 saturated heterocycles. The van der Waals surface area contributed by atoms with Crippen LogP contribution in [-0.4, -0.2) is 71.2 Å². The SMILES string of the molecule is Nc1nc(Cl)nc2c1ncn2CCCCOC(=O)NCc1ccc(S(=O)(=O)N2CCOCC2)cc1. The van der Waals surface area contributed by atoms with Crippen LogP contribution in [-0.2, 0) is 32.6 Å². The summed E-state index contributed by atoms with van der Waals surface area (Å²) in [4.78, 5) is 24.4. The smallest absolute Gasteiger partial charge is 0.407 e. The molecule has 1 amide bonds. The first-order valence-electron chi connectivity index (χ1n) is 11.1. The molecule has 1 fully saturated rings. The average Bonchev–Trinajstić information content (AvgIpc) is 3.26. The second kappa shape index (κ2) is 11.2. The maximum absolute atomic E-state index is 12.7. The lowest BCUT2D eigenvalue weighted by molar-refractivity contribution is 0.0730. The van der Waals surface area contributed by atoms with Crippen molar-refractivity contribution in [1.29, 1.82) is 0 Å². The Kier molecular flexibility index (Phi) is 8.00. The fourth-order valence-electron chi connectivity index (χ4n) is 3.59. The maximum atomic E-state index is 12.7. The Bertz CT molecular complexity index is 1280. The maximum Gasteiger partial charge on any atom is 0.407 e. The summed E-state index contributed by atoms with van der Waals surface area (Å²) in [6.45, 7) is 2.54. The molecule has 0 unspecified atom stereocenters. The van der Waals surface area contributed by atoms with Crippen molar-refractivity contribution in [3.8, 4) is 0 Å². The minimum Gasteiger partial charge on any atom is -0.450 e. The molecule has 0 spiro atoms. The number of hydrogen-bond donors (Lipinski definition) is 2. The van der Waals surface area contributed by atoms with E-state index < -0.39 is 16.1 Å². The van der Waals surface area contributed by atoms with Crippen LogP contribution in [0, 0.1) is 0 Å². The van der Waals surface area contributed by atoms with E-state index in [9.17, 15) is 13.2 Å². The van der Waals surface area contributed by atoms with E-state index in [2.05, 4.69) is 20.3 Å². The van der Waals surface area contributed by atoms with Gasteiger partial charge in [-0.3, -0.25) is 0 Å². The number of imidazole rings is 1. The first-order valence-corrected chi connectivity index (χ1v) is 12.9. The fourth-order valence-corrected chi connectivity index (χ4v) is 5.17. The summed E-state index contributed by atoms with van der Waals surface area (Å²) >= 11 is 5.86. The van der Waals surface area contributed by atoms with Gasteiger partial charge in [0.2, 0.25) is 15.3 Å². The van der Waals surface area contributed by atoms with Crippen molar-refractivity contribution in [3.63, 3.8) is 0 Å². The number of ether oxygens (including phenoxy) is 2. The zero-order chi connectivity index (χ0) is 24.8. The molecular formula is C21H26ClN7O5S. The molecule has 0 bridgehead atoms. The predicted molar refractivity (Wildman–Crippen MR) is 128 cm³/mol. The van der Waals surface area contributed by atoms with E-state index in [1.54, 1.807) is 30.6 Å². The van der Waals surface area contributed by atoms with E-state index in [0.717, 1.165) is 12.0 Å². The van der Waals surface area contributed by atoms with Gasteiger partial charge in [0.15, 0.2) is 11.5 Å². The Morgan fingerprint density at radius 1 is 1.17 bits per heavy atom. The molecule has 0 aliphatic carbocycles. The number of nitrogens with zero attached hydrogens (tertiary/aromatic N) is 5. The van der Waals surface area contributed by atoms with E-state index in [0.29, 0.717) is 50.4 Å². The van der Waals surface area contributed by atoms with E-state index in [1.807, 2.05) is 4.57 Å². The van der Waals surface area contributed by atoms with Crippen molar-refractivity contribution in [2.24, 2.45) is 0 Å². The third kappa shape index (κ3) is 6.17. The molecule has 1 aromatic carbocycles. The number of morpholine rings is 1. The fraction of sp³-hybridized carbons (Fsp3) is 0.429. The first kappa shape index (κ1) is 25.1. The number of halogens is 1. The molecule has 188 valence electrons. The molecule has 1 aliphatic rings. The molecule has 1 aliphatic heterocycles. The van der Waals surface area contributed by atoms with Gasteiger partial charge in [-0.15, -0.1) is 0 Å². The highest BCUT2D eigenvalue weighted by Crippen LogP contribution is 2.19. The van der Waals surface area contributed by atoms with E-state index in [1.165, 1.54) is 4.31 Å². The molecule has 4 rings (SSSR count). The topological polar surface area (TPSA) is 155 Å². The molecule has 3 heterocycles. The number of aryl methyl sites for hydroxylation is 1.